The predicted molar refractivity (Wildman–Crippen MR) is 129 cm³/mol. The van der Waals surface area contributed by atoms with E-state index in [1.54, 1.807) is 12.1 Å². The number of rotatable bonds is 5. The Labute approximate surface area is 196 Å². The lowest BCUT2D eigenvalue weighted by Gasteiger charge is -2.19. The van der Waals surface area contributed by atoms with E-state index in [4.69, 9.17) is 13.9 Å². The summed E-state index contributed by atoms with van der Waals surface area (Å²) in [7, 11) is 0. The van der Waals surface area contributed by atoms with Gasteiger partial charge in [0.15, 0.2) is 0 Å². The summed E-state index contributed by atoms with van der Waals surface area (Å²) in [5, 5.41) is 0.297. The molecular formula is C28H23FO5. The number of fused-ring (bicyclic) bond motifs is 1. The fourth-order valence-corrected chi connectivity index (χ4v) is 3.26. The van der Waals surface area contributed by atoms with Crippen LogP contribution in [-0.4, -0.2) is 5.97 Å². The number of halogens is 1. The van der Waals surface area contributed by atoms with Gasteiger partial charge >= 0.3 is 5.97 Å². The van der Waals surface area contributed by atoms with Crippen molar-refractivity contribution >= 4 is 23.0 Å². The molecular weight excluding hydrogens is 435 g/mol. The van der Waals surface area contributed by atoms with Crippen LogP contribution in [0.5, 0.6) is 17.2 Å². The summed E-state index contributed by atoms with van der Waals surface area (Å²) in [5.41, 5.74) is 1.74. The molecule has 0 unspecified atom stereocenters. The van der Waals surface area contributed by atoms with Crippen molar-refractivity contribution in [3.8, 4) is 17.2 Å². The van der Waals surface area contributed by atoms with E-state index in [1.807, 2.05) is 24.3 Å². The van der Waals surface area contributed by atoms with E-state index in [2.05, 4.69) is 20.8 Å². The maximum absolute atomic E-state index is 13.0. The van der Waals surface area contributed by atoms with Crippen molar-refractivity contribution in [1.29, 1.82) is 0 Å². The second-order valence-electron chi connectivity index (χ2n) is 8.77. The highest BCUT2D eigenvalue weighted by Crippen LogP contribution is 2.27. The summed E-state index contributed by atoms with van der Waals surface area (Å²) in [6.07, 6.45) is 3.98. The molecule has 0 N–H and O–H groups in total. The molecule has 0 radical (unpaired) electrons. The average molecular weight is 458 g/mol. The molecule has 4 aromatic rings. The van der Waals surface area contributed by atoms with Crippen molar-refractivity contribution in [3.05, 3.63) is 106 Å². The van der Waals surface area contributed by atoms with E-state index in [-0.39, 0.29) is 33.7 Å². The fourth-order valence-electron chi connectivity index (χ4n) is 3.26. The van der Waals surface area contributed by atoms with Gasteiger partial charge < -0.3 is 13.9 Å². The van der Waals surface area contributed by atoms with Gasteiger partial charge in [0, 0.05) is 12.1 Å². The molecule has 0 spiro atoms. The van der Waals surface area contributed by atoms with Gasteiger partial charge in [0.2, 0.25) is 11.2 Å². The molecule has 0 atom stereocenters. The Morgan fingerprint density at radius 1 is 0.941 bits per heavy atom. The van der Waals surface area contributed by atoms with Crippen molar-refractivity contribution in [3.63, 3.8) is 0 Å². The summed E-state index contributed by atoms with van der Waals surface area (Å²) in [6, 6.07) is 17.7. The highest BCUT2D eigenvalue weighted by molar-refractivity contribution is 5.89. The molecule has 0 aliphatic rings. The number of carbonyl (C=O) groups excluding carboxylic acids is 1. The molecule has 34 heavy (non-hydrogen) atoms. The van der Waals surface area contributed by atoms with Crippen molar-refractivity contribution < 1.29 is 23.1 Å². The second-order valence-corrected chi connectivity index (χ2v) is 8.77. The van der Waals surface area contributed by atoms with Crippen LogP contribution in [0.15, 0.2) is 88.3 Å². The summed E-state index contributed by atoms with van der Waals surface area (Å²) >= 11 is 0. The van der Waals surface area contributed by atoms with Crippen molar-refractivity contribution in [1.82, 2.24) is 0 Å². The number of benzene rings is 3. The van der Waals surface area contributed by atoms with Gasteiger partial charge in [-0.25, -0.2) is 9.18 Å². The van der Waals surface area contributed by atoms with E-state index < -0.39 is 5.97 Å². The largest absolute Gasteiger partial charge is 0.460 e. The minimum absolute atomic E-state index is 0.0123. The first-order valence-electron chi connectivity index (χ1n) is 10.7. The lowest BCUT2D eigenvalue weighted by Crippen LogP contribution is -2.10. The molecule has 1 heterocycles. The van der Waals surface area contributed by atoms with Gasteiger partial charge in [-0.2, -0.15) is 0 Å². The third kappa shape index (κ3) is 5.41. The zero-order valence-electron chi connectivity index (χ0n) is 19.0. The molecule has 1 aromatic heterocycles. The molecule has 0 bridgehead atoms. The third-order valence-corrected chi connectivity index (χ3v) is 5.16. The molecule has 0 amide bonds. The van der Waals surface area contributed by atoms with E-state index >= 15 is 0 Å². The average Bonchev–Trinajstić information content (AvgIpc) is 2.80. The maximum atomic E-state index is 13.0. The van der Waals surface area contributed by atoms with Crippen LogP contribution in [0.3, 0.4) is 0 Å². The van der Waals surface area contributed by atoms with Crippen LogP contribution < -0.4 is 14.9 Å². The molecule has 0 fully saturated rings. The maximum Gasteiger partial charge on any atom is 0.336 e. The quantitative estimate of drug-likeness (QED) is 0.191. The first kappa shape index (κ1) is 23.0. The topological polar surface area (TPSA) is 65.7 Å². The lowest BCUT2D eigenvalue weighted by molar-refractivity contribution is -0.128. The number of ether oxygens (including phenoxy) is 2. The van der Waals surface area contributed by atoms with Crippen LogP contribution in [0, 0.1) is 5.82 Å². The first-order valence-corrected chi connectivity index (χ1v) is 10.7. The summed E-state index contributed by atoms with van der Waals surface area (Å²) in [6.45, 7) is 6.36. The van der Waals surface area contributed by atoms with Crippen LogP contribution in [0.4, 0.5) is 4.39 Å². The number of hydrogen-bond donors (Lipinski definition) is 0. The van der Waals surface area contributed by atoms with Gasteiger partial charge in [-0.05, 0) is 59.0 Å². The Morgan fingerprint density at radius 2 is 1.62 bits per heavy atom. The number of carbonyl (C=O) groups is 1. The standard InChI is InChI=1S/C28H23FO5/c1-28(2,3)19-7-11-21(12-8-19)33-25-17-32-24-16-22(13-14-23(24)27(25)31)34-26(30)15-6-18-4-9-20(29)10-5-18/h4-17H,1-3H3/b15-6+. The van der Waals surface area contributed by atoms with E-state index in [0.717, 1.165) is 5.56 Å². The Kier molecular flexibility index (Phi) is 6.32. The molecule has 4 rings (SSSR count). The first-order chi connectivity index (χ1) is 16.2. The smallest absolute Gasteiger partial charge is 0.336 e. The van der Waals surface area contributed by atoms with Crippen LogP contribution in [0.1, 0.15) is 31.9 Å². The molecule has 6 heteroatoms. The van der Waals surface area contributed by atoms with Gasteiger partial charge in [0.1, 0.15) is 29.2 Å². The number of hydrogen-bond acceptors (Lipinski definition) is 5. The van der Waals surface area contributed by atoms with Gasteiger partial charge in [-0.1, -0.05) is 45.0 Å². The van der Waals surface area contributed by atoms with Gasteiger partial charge in [0.25, 0.3) is 0 Å². The third-order valence-electron chi connectivity index (χ3n) is 5.16. The van der Waals surface area contributed by atoms with Crippen molar-refractivity contribution in [2.75, 3.05) is 0 Å². The predicted octanol–water partition coefficient (Wildman–Crippen LogP) is 6.64. The Hall–Kier alpha value is -4.19. The Balaban J connectivity index is 1.48. The zero-order valence-corrected chi connectivity index (χ0v) is 19.0. The van der Waals surface area contributed by atoms with Crippen LogP contribution in [0.2, 0.25) is 0 Å². The summed E-state index contributed by atoms with van der Waals surface area (Å²) in [5.74, 6) is -0.175. The van der Waals surface area contributed by atoms with E-state index in [1.165, 1.54) is 48.7 Å². The van der Waals surface area contributed by atoms with Crippen LogP contribution in [0.25, 0.3) is 17.0 Å². The van der Waals surface area contributed by atoms with Crippen molar-refractivity contribution in [2.45, 2.75) is 26.2 Å². The second kappa shape index (κ2) is 9.35. The molecule has 0 saturated carbocycles. The lowest BCUT2D eigenvalue weighted by atomic mass is 9.87. The molecule has 0 aliphatic heterocycles. The Morgan fingerprint density at radius 3 is 2.29 bits per heavy atom. The minimum atomic E-state index is -0.621. The minimum Gasteiger partial charge on any atom is -0.460 e. The normalized spacial score (nSPS) is 11.6. The molecule has 5 nitrogen and oxygen atoms in total. The van der Waals surface area contributed by atoms with Gasteiger partial charge in [0.05, 0.1) is 5.39 Å². The highest BCUT2D eigenvalue weighted by atomic mass is 19.1. The van der Waals surface area contributed by atoms with E-state index in [0.29, 0.717) is 16.7 Å². The van der Waals surface area contributed by atoms with Crippen molar-refractivity contribution in [2.24, 2.45) is 0 Å². The molecule has 172 valence electrons. The summed E-state index contributed by atoms with van der Waals surface area (Å²) < 4.78 is 29.5. The fraction of sp³-hybridized carbons (Fsp3) is 0.143. The number of esters is 1. The Bertz CT molecular complexity index is 1410. The van der Waals surface area contributed by atoms with Gasteiger partial charge in [-0.15, -0.1) is 0 Å². The SMILES string of the molecule is CC(C)(C)c1ccc(Oc2coc3cc(OC(=O)/C=C/c4ccc(F)cc4)ccc3c2=O)cc1. The zero-order chi connectivity index (χ0) is 24.3. The highest BCUT2D eigenvalue weighted by Gasteiger charge is 2.14. The molecule has 0 saturated heterocycles. The van der Waals surface area contributed by atoms with E-state index in [9.17, 15) is 14.0 Å². The summed E-state index contributed by atoms with van der Waals surface area (Å²) in [4.78, 5) is 24.9. The van der Waals surface area contributed by atoms with Crippen LogP contribution >= 0.6 is 0 Å². The molecule has 0 aliphatic carbocycles. The van der Waals surface area contributed by atoms with Crippen LogP contribution in [-0.2, 0) is 10.2 Å². The monoisotopic (exact) mass is 458 g/mol. The molecule has 3 aromatic carbocycles. The van der Waals surface area contributed by atoms with Gasteiger partial charge in [-0.3, -0.25) is 4.79 Å².